The fourth-order valence-corrected chi connectivity index (χ4v) is 2.97. The number of nitrogens with zero attached hydrogens (tertiary/aromatic N) is 1. The third-order valence-electron chi connectivity index (χ3n) is 3.02. The zero-order valence-corrected chi connectivity index (χ0v) is 15.1. The fraction of sp³-hybridized carbons (Fsp3) is 0.176. The van der Waals surface area contributed by atoms with Gasteiger partial charge in [-0.25, -0.2) is 4.79 Å². The van der Waals surface area contributed by atoms with E-state index in [-0.39, 0.29) is 12.3 Å². The highest BCUT2D eigenvalue weighted by molar-refractivity contribution is 7.98. The van der Waals surface area contributed by atoms with Gasteiger partial charge in [-0.15, -0.1) is 0 Å². The quantitative estimate of drug-likeness (QED) is 0.252. The summed E-state index contributed by atoms with van der Waals surface area (Å²) in [6.07, 6.45) is 0.248. The van der Waals surface area contributed by atoms with Crippen molar-refractivity contribution in [2.45, 2.75) is 12.2 Å². The number of hydrogen-bond acceptors (Lipinski definition) is 4. The van der Waals surface area contributed by atoms with Gasteiger partial charge in [0.2, 0.25) is 0 Å². The van der Waals surface area contributed by atoms with Gasteiger partial charge >= 0.3 is 5.97 Å². The molecule has 7 heteroatoms. The molecule has 0 unspecified atom stereocenters. The molecular weight excluding hydrogens is 367 g/mol. The van der Waals surface area contributed by atoms with Crippen molar-refractivity contribution in [2.75, 3.05) is 5.75 Å². The van der Waals surface area contributed by atoms with Crippen molar-refractivity contribution >= 4 is 46.8 Å². The maximum absolute atomic E-state index is 11.7. The smallest absolute Gasteiger partial charge is 0.335 e. The lowest BCUT2D eigenvalue weighted by Crippen LogP contribution is -2.15. The number of hydrogen-bond donors (Lipinski definition) is 1. The average Bonchev–Trinajstić information content (AvgIpc) is 2.60. The molecule has 0 saturated carbocycles. The van der Waals surface area contributed by atoms with Crippen LogP contribution in [0.4, 0.5) is 0 Å². The van der Waals surface area contributed by atoms with Crippen LogP contribution in [0.5, 0.6) is 0 Å². The molecule has 2 aromatic rings. The van der Waals surface area contributed by atoms with Crippen molar-refractivity contribution < 1.29 is 9.63 Å². The third kappa shape index (κ3) is 6.07. The van der Waals surface area contributed by atoms with Gasteiger partial charge in [0.15, 0.2) is 5.84 Å². The van der Waals surface area contributed by atoms with Crippen LogP contribution >= 0.6 is 35.0 Å². The number of carbonyl (C=O) groups is 1. The largest absolute Gasteiger partial charge is 0.380 e. The molecule has 2 N–H and O–H groups in total. The van der Waals surface area contributed by atoms with E-state index in [1.165, 1.54) is 0 Å². The van der Waals surface area contributed by atoms with Gasteiger partial charge in [0.1, 0.15) is 0 Å². The van der Waals surface area contributed by atoms with Gasteiger partial charge < -0.3 is 10.6 Å². The first kappa shape index (κ1) is 18.6. The van der Waals surface area contributed by atoms with Crippen molar-refractivity contribution in [1.29, 1.82) is 0 Å². The highest BCUT2D eigenvalue weighted by atomic mass is 35.5. The number of nitrogens with two attached hydrogens (primary N) is 1. The van der Waals surface area contributed by atoms with E-state index in [1.807, 2.05) is 30.3 Å². The van der Waals surface area contributed by atoms with Crippen molar-refractivity contribution in [3.05, 3.63) is 69.7 Å². The minimum absolute atomic E-state index is 0.174. The van der Waals surface area contributed by atoms with E-state index in [4.69, 9.17) is 33.8 Å². The predicted octanol–water partition coefficient (Wildman–Crippen LogP) is 4.48. The minimum atomic E-state index is -0.421. The first-order chi connectivity index (χ1) is 11.6. The van der Waals surface area contributed by atoms with Gasteiger partial charge in [0.25, 0.3) is 0 Å². The molecule has 126 valence electrons. The van der Waals surface area contributed by atoms with Crippen molar-refractivity contribution in [3.63, 3.8) is 0 Å². The molecule has 2 aromatic carbocycles. The zero-order chi connectivity index (χ0) is 17.4. The molecule has 0 bridgehead atoms. The van der Waals surface area contributed by atoms with Gasteiger partial charge in [-0.05, 0) is 17.7 Å². The summed E-state index contributed by atoms with van der Waals surface area (Å²) < 4.78 is 0. The molecule has 0 radical (unpaired) electrons. The van der Waals surface area contributed by atoms with Gasteiger partial charge in [-0.2, -0.15) is 11.8 Å². The molecule has 0 fully saturated rings. The Morgan fingerprint density at radius 3 is 2.58 bits per heavy atom. The molecule has 0 heterocycles. The second-order valence-electron chi connectivity index (χ2n) is 4.86. The second-order valence-corrected chi connectivity index (χ2v) is 6.78. The van der Waals surface area contributed by atoms with E-state index >= 15 is 0 Å². The lowest BCUT2D eigenvalue weighted by atomic mass is 10.2. The average molecular weight is 383 g/mol. The molecule has 4 nitrogen and oxygen atoms in total. The molecule has 0 aliphatic carbocycles. The Balaban J connectivity index is 1.70. The monoisotopic (exact) mass is 382 g/mol. The highest BCUT2D eigenvalue weighted by Gasteiger charge is 2.05. The Morgan fingerprint density at radius 1 is 1.12 bits per heavy atom. The summed E-state index contributed by atoms with van der Waals surface area (Å²) in [5.74, 6) is 1.10. The van der Waals surface area contributed by atoms with Crippen LogP contribution in [0.3, 0.4) is 0 Å². The number of carbonyl (C=O) groups excluding carboxylic acids is 1. The van der Waals surface area contributed by atoms with E-state index in [9.17, 15) is 4.79 Å². The summed E-state index contributed by atoms with van der Waals surface area (Å²) in [5, 5.41) is 4.71. The van der Waals surface area contributed by atoms with Crippen LogP contribution in [0.15, 0.2) is 53.7 Å². The van der Waals surface area contributed by atoms with Crippen LogP contribution in [0.2, 0.25) is 10.0 Å². The highest BCUT2D eigenvalue weighted by Crippen LogP contribution is 2.24. The lowest BCUT2D eigenvalue weighted by Gasteiger charge is -2.03. The number of rotatable bonds is 7. The Hall–Kier alpha value is -1.69. The Kier molecular flexibility index (Phi) is 7.43. The summed E-state index contributed by atoms with van der Waals surface area (Å²) in [7, 11) is 0. The summed E-state index contributed by atoms with van der Waals surface area (Å²) in [6, 6.07) is 14.6. The van der Waals surface area contributed by atoms with Crippen LogP contribution in [0.1, 0.15) is 17.5 Å². The van der Waals surface area contributed by atoms with Gasteiger partial charge in [-0.1, -0.05) is 64.8 Å². The molecule has 0 aromatic heterocycles. The molecule has 24 heavy (non-hydrogen) atoms. The Labute approximate surface area is 155 Å². The summed E-state index contributed by atoms with van der Waals surface area (Å²) >= 11 is 13.4. The molecule has 0 saturated heterocycles. The molecule has 0 atom stereocenters. The topological polar surface area (TPSA) is 64.7 Å². The van der Waals surface area contributed by atoms with E-state index in [1.54, 1.807) is 30.0 Å². The van der Waals surface area contributed by atoms with E-state index in [2.05, 4.69) is 5.16 Å². The van der Waals surface area contributed by atoms with Gasteiger partial charge in [-0.3, -0.25) is 0 Å². The van der Waals surface area contributed by atoms with Crippen LogP contribution in [0.25, 0.3) is 0 Å². The molecule has 0 aliphatic heterocycles. The SMILES string of the molecule is N/C(=N/OC(=O)CCSCc1ccc(Cl)c(Cl)c1)c1ccccc1. The van der Waals surface area contributed by atoms with Gasteiger partial charge in [0, 0.05) is 17.1 Å². The normalized spacial score (nSPS) is 11.3. The minimum Gasteiger partial charge on any atom is -0.380 e. The standard InChI is InChI=1S/C17H16Cl2N2O2S/c18-14-7-6-12(10-15(14)19)11-24-9-8-16(22)23-21-17(20)13-4-2-1-3-5-13/h1-7,10H,8-9,11H2,(H2,20,21). The van der Waals surface area contributed by atoms with Crippen LogP contribution in [-0.2, 0) is 15.4 Å². The Bertz CT molecular complexity index is 724. The van der Waals surface area contributed by atoms with Crippen molar-refractivity contribution in [3.8, 4) is 0 Å². The molecule has 0 aliphatic rings. The number of thioether (sulfide) groups is 1. The maximum Gasteiger partial charge on any atom is 0.335 e. The lowest BCUT2D eigenvalue weighted by molar-refractivity contribution is -0.143. The predicted molar refractivity (Wildman–Crippen MR) is 100 cm³/mol. The van der Waals surface area contributed by atoms with Crippen LogP contribution in [0, 0.1) is 0 Å². The summed E-state index contributed by atoms with van der Waals surface area (Å²) in [5.41, 5.74) is 7.50. The molecule has 2 rings (SSSR count). The first-order valence-electron chi connectivity index (χ1n) is 7.16. The second kappa shape index (κ2) is 9.57. The number of amidine groups is 1. The number of oxime groups is 1. The first-order valence-corrected chi connectivity index (χ1v) is 9.07. The van der Waals surface area contributed by atoms with E-state index in [0.717, 1.165) is 11.3 Å². The Morgan fingerprint density at radius 2 is 1.88 bits per heavy atom. The molecular formula is C17H16Cl2N2O2S. The van der Waals surface area contributed by atoms with Crippen LogP contribution in [-0.4, -0.2) is 17.6 Å². The van der Waals surface area contributed by atoms with Crippen LogP contribution < -0.4 is 5.73 Å². The van der Waals surface area contributed by atoms with E-state index in [0.29, 0.717) is 21.4 Å². The van der Waals surface area contributed by atoms with Crippen molar-refractivity contribution in [1.82, 2.24) is 0 Å². The van der Waals surface area contributed by atoms with Gasteiger partial charge in [0.05, 0.1) is 16.5 Å². The molecule has 0 amide bonds. The summed E-state index contributed by atoms with van der Waals surface area (Å²) in [4.78, 5) is 16.5. The van der Waals surface area contributed by atoms with Crippen molar-refractivity contribution in [2.24, 2.45) is 10.9 Å². The fourth-order valence-electron chi connectivity index (χ4n) is 1.78. The third-order valence-corrected chi connectivity index (χ3v) is 4.79. The number of halogens is 2. The molecule has 0 spiro atoms. The summed E-state index contributed by atoms with van der Waals surface area (Å²) in [6.45, 7) is 0. The zero-order valence-electron chi connectivity index (χ0n) is 12.7. The van der Waals surface area contributed by atoms with E-state index < -0.39 is 5.97 Å². The number of benzene rings is 2. The maximum atomic E-state index is 11.7.